The van der Waals surface area contributed by atoms with Crippen LogP contribution in [0.15, 0.2) is 12.2 Å². The van der Waals surface area contributed by atoms with E-state index in [4.69, 9.17) is 9.29 Å². The Labute approximate surface area is 108 Å². The fourth-order valence-electron chi connectivity index (χ4n) is 1.01. The number of rotatable bonds is 8. The molecule has 0 aliphatic rings. The SMILES string of the molecule is C=C(C)C(=O)OCC[N+](C)(C)CCOS(=O)(=O)O. The van der Waals surface area contributed by atoms with Crippen LogP contribution in [0.4, 0.5) is 0 Å². The van der Waals surface area contributed by atoms with Crippen LogP contribution in [-0.4, -0.2) is 63.8 Å². The zero-order valence-corrected chi connectivity index (χ0v) is 11.7. The summed E-state index contributed by atoms with van der Waals surface area (Å²) >= 11 is 0. The molecule has 0 heterocycles. The number of likely N-dealkylation sites (N-methyl/N-ethyl adjacent to an activating group) is 1. The summed E-state index contributed by atoms with van der Waals surface area (Å²) in [5, 5.41) is 0. The van der Waals surface area contributed by atoms with E-state index in [2.05, 4.69) is 10.8 Å². The van der Waals surface area contributed by atoms with Gasteiger partial charge in [0.25, 0.3) is 0 Å². The first-order valence-corrected chi connectivity index (χ1v) is 6.66. The number of quaternary nitrogens is 1. The van der Waals surface area contributed by atoms with Crippen molar-refractivity contribution in [1.29, 1.82) is 0 Å². The lowest BCUT2D eigenvalue weighted by Gasteiger charge is -2.28. The third-order valence-electron chi connectivity index (χ3n) is 2.21. The van der Waals surface area contributed by atoms with Crippen molar-refractivity contribution >= 4 is 16.4 Å². The number of esters is 1. The molecule has 0 aliphatic carbocycles. The van der Waals surface area contributed by atoms with Crippen molar-refractivity contribution in [3.8, 4) is 0 Å². The molecule has 0 bridgehead atoms. The highest BCUT2D eigenvalue weighted by Gasteiger charge is 2.17. The molecule has 0 aromatic heterocycles. The second-order valence-corrected chi connectivity index (χ2v) is 5.64. The summed E-state index contributed by atoms with van der Waals surface area (Å²) in [5.41, 5.74) is 0.329. The first-order valence-electron chi connectivity index (χ1n) is 5.30. The van der Waals surface area contributed by atoms with E-state index >= 15 is 0 Å². The molecule has 0 aromatic rings. The zero-order valence-electron chi connectivity index (χ0n) is 10.9. The molecular formula is C10H20NO6S+. The van der Waals surface area contributed by atoms with Crippen LogP contribution >= 0.6 is 0 Å². The van der Waals surface area contributed by atoms with Crippen LogP contribution in [0.25, 0.3) is 0 Å². The van der Waals surface area contributed by atoms with E-state index in [1.807, 2.05) is 14.1 Å². The Morgan fingerprint density at radius 1 is 1.28 bits per heavy atom. The van der Waals surface area contributed by atoms with E-state index in [0.717, 1.165) is 0 Å². The highest BCUT2D eigenvalue weighted by Crippen LogP contribution is 2.00. The van der Waals surface area contributed by atoms with Gasteiger partial charge < -0.3 is 9.22 Å². The number of hydrogen-bond donors (Lipinski definition) is 1. The molecule has 0 fully saturated rings. The maximum absolute atomic E-state index is 11.1. The lowest BCUT2D eigenvalue weighted by atomic mass is 10.4. The van der Waals surface area contributed by atoms with Crippen molar-refractivity contribution in [1.82, 2.24) is 0 Å². The van der Waals surface area contributed by atoms with Crippen molar-refractivity contribution in [2.75, 3.05) is 40.4 Å². The maximum atomic E-state index is 11.1. The molecule has 0 amide bonds. The second kappa shape index (κ2) is 6.83. The Morgan fingerprint density at radius 3 is 2.22 bits per heavy atom. The predicted octanol–water partition coefficient (Wildman–Crippen LogP) is 0.00150. The minimum Gasteiger partial charge on any atom is -0.456 e. The molecule has 0 aliphatic heterocycles. The quantitative estimate of drug-likeness (QED) is 0.292. The number of nitrogens with zero attached hydrogens (tertiary/aromatic N) is 1. The Bertz CT molecular complexity index is 401. The first-order chi connectivity index (χ1) is 8.03. The molecule has 0 spiro atoms. The molecule has 0 atom stereocenters. The van der Waals surface area contributed by atoms with Gasteiger partial charge in [0, 0.05) is 5.57 Å². The van der Waals surface area contributed by atoms with Gasteiger partial charge in [-0.1, -0.05) is 6.58 Å². The fourth-order valence-corrected chi connectivity index (χ4v) is 1.30. The molecule has 0 unspecified atom stereocenters. The Kier molecular flexibility index (Phi) is 6.47. The van der Waals surface area contributed by atoms with Crippen LogP contribution in [0.1, 0.15) is 6.92 Å². The molecule has 0 saturated heterocycles. The summed E-state index contributed by atoms with van der Waals surface area (Å²) in [6, 6.07) is 0. The summed E-state index contributed by atoms with van der Waals surface area (Å²) in [6.45, 7) is 5.92. The molecule has 106 valence electrons. The molecule has 0 saturated carbocycles. The normalized spacial score (nSPS) is 12.2. The Hall–Kier alpha value is -0.960. The summed E-state index contributed by atoms with van der Waals surface area (Å²) in [5.74, 6) is -0.454. The van der Waals surface area contributed by atoms with E-state index in [1.165, 1.54) is 0 Å². The number of carbonyl (C=O) groups excluding carboxylic acids is 1. The average Bonchev–Trinajstić information content (AvgIpc) is 2.14. The Balaban J connectivity index is 3.94. The smallest absolute Gasteiger partial charge is 0.397 e. The second-order valence-electron chi connectivity index (χ2n) is 4.55. The van der Waals surface area contributed by atoms with Gasteiger partial charge in [0.1, 0.15) is 26.3 Å². The standard InChI is InChI=1S/C10H19NO6S/c1-9(2)10(12)16-7-5-11(3,4)6-8-17-18(13,14)15/h1,5-8H2,2-4H3/p+1. The van der Waals surface area contributed by atoms with Crippen LogP contribution in [-0.2, 0) is 24.1 Å². The molecule has 1 N–H and O–H groups in total. The topological polar surface area (TPSA) is 89.9 Å². The largest absolute Gasteiger partial charge is 0.456 e. The van der Waals surface area contributed by atoms with E-state index in [1.54, 1.807) is 6.92 Å². The van der Waals surface area contributed by atoms with Crippen LogP contribution in [0.3, 0.4) is 0 Å². The molecular weight excluding hydrogens is 262 g/mol. The van der Waals surface area contributed by atoms with Crippen LogP contribution in [0.5, 0.6) is 0 Å². The average molecular weight is 282 g/mol. The monoisotopic (exact) mass is 282 g/mol. The van der Waals surface area contributed by atoms with Crippen LogP contribution in [0, 0.1) is 0 Å². The molecule has 0 aromatic carbocycles. The number of carbonyl (C=O) groups is 1. The maximum Gasteiger partial charge on any atom is 0.397 e. The van der Waals surface area contributed by atoms with E-state index < -0.39 is 16.4 Å². The summed E-state index contributed by atoms with van der Waals surface area (Å²) in [6.07, 6.45) is 0. The first kappa shape index (κ1) is 17.0. The zero-order chi connectivity index (χ0) is 14.4. The van der Waals surface area contributed by atoms with Gasteiger partial charge in [0.05, 0.1) is 14.1 Å². The van der Waals surface area contributed by atoms with Crippen molar-refractivity contribution in [3.05, 3.63) is 12.2 Å². The van der Waals surface area contributed by atoms with E-state index in [9.17, 15) is 13.2 Å². The van der Waals surface area contributed by atoms with Crippen molar-refractivity contribution in [2.24, 2.45) is 0 Å². The third kappa shape index (κ3) is 9.11. The van der Waals surface area contributed by atoms with E-state index in [-0.39, 0.29) is 13.2 Å². The molecule has 0 rings (SSSR count). The van der Waals surface area contributed by atoms with Gasteiger partial charge in [0.2, 0.25) is 0 Å². The number of hydrogen-bond acceptors (Lipinski definition) is 5. The third-order valence-corrected chi connectivity index (χ3v) is 2.67. The lowest BCUT2D eigenvalue weighted by Crippen LogP contribution is -2.45. The minimum absolute atomic E-state index is 0.139. The van der Waals surface area contributed by atoms with Crippen molar-refractivity contribution in [2.45, 2.75) is 6.92 Å². The van der Waals surface area contributed by atoms with E-state index in [0.29, 0.717) is 23.1 Å². The fraction of sp³-hybridized carbons (Fsp3) is 0.700. The Morgan fingerprint density at radius 2 is 1.78 bits per heavy atom. The summed E-state index contributed by atoms with van der Waals surface area (Å²) in [4.78, 5) is 11.1. The van der Waals surface area contributed by atoms with Gasteiger partial charge in [-0.15, -0.1) is 0 Å². The highest BCUT2D eigenvalue weighted by atomic mass is 32.3. The lowest BCUT2D eigenvalue weighted by molar-refractivity contribution is -0.890. The van der Waals surface area contributed by atoms with Crippen molar-refractivity contribution in [3.63, 3.8) is 0 Å². The van der Waals surface area contributed by atoms with Gasteiger partial charge in [-0.2, -0.15) is 8.42 Å². The van der Waals surface area contributed by atoms with Crippen molar-refractivity contribution < 1.29 is 31.2 Å². The molecule has 8 heteroatoms. The van der Waals surface area contributed by atoms with Crippen LogP contribution < -0.4 is 0 Å². The van der Waals surface area contributed by atoms with Gasteiger partial charge in [0.15, 0.2) is 0 Å². The molecule has 0 radical (unpaired) electrons. The van der Waals surface area contributed by atoms with Gasteiger partial charge in [-0.3, -0.25) is 4.55 Å². The number of ether oxygens (including phenoxy) is 1. The highest BCUT2D eigenvalue weighted by molar-refractivity contribution is 7.80. The van der Waals surface area contributed by atoms with Crippen LogP contribution in [0.2, 0.25) is 0 Å². The predicted molar refractivity (Wildman–Crippen MR) is 65.1 cm³/mol. The van der Waals surface area contributed by atoms with Gasteiger partial charge in [-0.05, 0) is 6.92 Å². The summed E-state index contributed by atoms with van der Waals surface area (Å²) in [7, 11) is -0.756. The molecule has 7 nitrogen and oxygen atoms in total. The van der Waals surface area contributed by atoms with Gasteiger partial charge >= 0.3 is 16.4 Å². The summed E-state index contributed by atoms with van der Waals surface area (Å²) < 4.78 is 38.6. The minimum atomic E-state index is -4.40. The van der Waals surface area contributed by atoms with Gasteiger partial charge in [-0.25, -0.2) is 8.98 Å². The molecule has 18 heavy (non-hydrogen) atoms.